The number of amides is 1. The van der Waals surface area contributed by atoms with Crippen LogP contribution in [-0.2, 0) is 19.6 Å². The van der Waals surface area contributed by atoms with Crippen molar-refractivity contribution < 1.29 is 31.9 Å². The number of fused-ring (bicyclic) bond motifs is 3. The summed E-state index contributed by atoms with van der Waals surface area (Å²) in [7, 11) is 0.700. The Morgan fingerprint density at radius 1 is 0.971 bits per heavy atom. The van der Waals surface area contributed by atoms with Gasteiger partial charge in [0, 0.05) is 30.9 Å². The third-order valence-corrected chi connectivity index (χ3v) is 7.01. The Balaban J connectivity index is 1.44. The van der Waals surface area contributed by atoms with Crippen LogP contribution in [0.25, 0.3) is 21.9 Å². The Bertz CT molecular complexity index is 1490. The number of carbonyl (C=O) groups excluding carboxylic acids is 2. The summed E-state index contributed by atoms with van der Waals surface area (Å²) < 4.78 is 41.6. The molecule has 0 saturated carbocycles. The van der Waals surface area contributed by atoms with Crippen LogP contribution in [0.1, 0.15) is 10.4 Å². The zero-order valence-corrected chi connectivity index (χ0v) is 19.5. The van der Waals surface area contributed by atoms with E-state index in [9.17, 15) is 18.0 Å². The lowest BCUT2D eigenvalue weighted by Gasteiger charge is -2.12. The maximum atomic E-state index is 12.4. The second-order valence-electron chi connectivity index (χ2n) is 7.58. The van der Waals surface area contributed by atoms with E-state index in [1.165, 1.54) is 45.5 Å². The minimum Gasteiger partial charge on any atom is -0.495 e. The first-order chi connectivity index (χ1) is 16.2. The molecule has 0 aliphatic heterocycles. The van der Waals surface area contributed by atoms with E-state index < -0.39 is 28.5 Å². The number of furan rings is 1. The molecule has 0 aliphatic carbocycles. The monoisotopic (exact) mass is 482 g/mol. The van der Waals surface area contributed by atoms with E-state index in [-0.39, 0.29) is 10.5 Å². The van der Waals surface area contributed by atoms with Crippen LogP contribution >= 0.6 is 0 Å². The summed E-state index contributed by atoms with van der Waals surface area (Å²) in [4.78, 5) is 24.8. The molecule has 0 saturated heterocycles. The smallest absolute Gasteiger partial charge is 0.338 e. The summed E-state index contributed by atoms with van der Waals surface area (Å²) in [6.07, 6.45) is 0. The molecule has 1 heterocycles. The SMILES string of the molecule is COc1cc2c(cc1NC(=O)COC(=O)c1ccc(S(=O)(=O)N(C)C)cc1)oc1ccccc12. The number of sulfonamides is 1. The molecule has 3 aromatic carbocycles. The zero-order chi connectivity index (χ0) is 24.5. The average molecular weight is 483 g/mol. The molecule has 0 bridgehead atoms. The first kappa shape index (κ1) is 23.3. The fourth-order valence-electron chi connectivity index (χ4n) is 3.39. The minimum absolute atomic E-state index is 0.0415. The maximum Gasteiger partial charge on any atom is 0.338 e. The van der Waals surface area contributed by atoms with Crippen molar-refractivity contribution in [2.45, 2.75) is 4.90 Å². The molecular formula is C24H22N2O7S. The van der Waals surface area contributed by atoms with Gasteiger partial charge in [0.1, 0.15) is 16.9 Å². The average Bonchev–Trinajstić information content (AvgIpc) is 3.19. The van der Waals surface area contributed by atoms with Crippen LogP contribution in [0, 0.1) is 0 Å². The molecule has 0 fully saturated rings. The molecule has 0 spiro atoms. The summed E-state index contributed by atoms with van der Waals surface area (Å²) >= 11 is 0. The van der Waals surface area contributed by atoms with Crippen molar-refractivity contribution in [2.75, 3.05) is 33.1 Å². The van der Waals surface area contributed by atoms with Gasteiger partial charge in [-0.3, -0.25) is 4.79 Å². The molecule has 0 unspecified atom stereocenters. The van der Waals surface area contributed by atoms with Gasteiger partial charge in [-0.15, -0.1) is 0 Å². The quantitative estimate of drug-likeness (QED) is 0.400. The summed E-state index contributed by atoms with van der Waals surface area (Å²) in [5.74, 6) is -0.908. The second-order valence-corrected chi connectivity index (χ2v) is 9.73. The Morgan fingerprint density at radius 3 is 2.35 bits per heavy atom. The topological polar surface area (TPSA) is 115 Å². The first-order valence-electron chi connectivity index (χ1n) is 10.2. The number of para-hydroxylation sites is 1. The molecule has 1 aromatic heterocycles. The van der Waals surface area contributed by atoms with E-state index in [1.807, 2.05) is 24.3 Å². The lowest BCUT2D eigenvalue weighted by Crippen LogP contribution is -2.22. The number of esters is 1. The first-order valence-corrected chi connectivity index (χ1v) is 11.6. The Morgan fingerprint density at radius 2 is 1.68 bits per heavy atom. The molecule has 1 N–H and O–H groups in total. The van der Waals surface area contributed by atoms with Gasteiger partial charge in [-0.05, 0) is 36.4 Å². The van der Waals surface area contributed by atoms with Crippen molar-refractivity contribution >= 4 is 49.5 Å². The van der Waals surface area contributed by atoms with Gasteiger partial charge in [0.15, 0.2) is 6.61 Å². The van der Waals surface area contributed by atoms with Crippen molar-refractivity contribution in [3.8, 4) is 5.75 Å². The molecule has 10 heteroatoms. The van der Waals surface area contributed by atoms with Crippen LogP contribution < -0.4 is 10.1 Å². The molecule has 9 nitrogen and oxygen atoms in total. The Kier molecular flexibility index (Phi) is 6.27. The Labute approximate surface area is 195 Å². The summed E-state index contributed by atoms with van der Waals surface area (Å²) in [5, 5.41) is 4.43. The van der Waals surface area contributed by atoms with Crippen LogP contribution in [0.4, 0.5) is 5.69 Å². The van der Waals surface area contributed by atoms with E-state index in [1.54, 1.807) is 12.1 Å². The van der Waals surface area contributed by atoms with Gasteiger partial charge in [0.25, 0.3) is 5.91 Å². The maximum absolute atomic E-state index is 12.4. The van der Waals surface area contributed by atoms with E-state index >= 15 is 0 Å². The Hall–Kier alpha value is -3.89. The van der Waals surface area contributed by atoms with E-state index in [4.69, 9.17) is 13.9 Å². The van der Waals surface area contributed by atoms with Crippen LogP contribution in [0.3, 0.4) is 0 Å². The number of nitrogens with zero attached hydrogens (tertiary/aromatic N) is 1. The number of nitrogens with one attached hydrogen (secondary N) is 1. The lowest BCUT2D eigenvalue weighted by atomic mass is 10.1. The third kappa shape index (κ3) is 4.45. The number of methoxy groups -OCH3 is 1. The van der Waals surface area contributed by atoms with Gasteiger partial charge in [0.05, 0.1) is 23.3 Å². The standard InChI is InChI=1S/C24H22N2O7S/c1-26(2)34(29,30)16-10-8-15(9-11-16)24(28)32-14-23(27)25-19-13-21-18(12-22(19)31-3)17-6-4-5-7-20(17)33-21/h4-13H,14H2,1-3H3,(H,25,27). The zero-order valence-electron chi connectivity index (χ0n) is 18.7. The van der Waals surface area contributed by atoms with Gasteiger partial charge in [-0.2, -0.15) is 0 Å². The summed E-state index contributed by atoms with van der Waals surface area (Å²) in [6, 6.07) is 16.2. The van der Waals surface area contributed by atoms with Crippen molar-refractivity contribution in [1.29, 1.82) is 0 Å². The van der Waals surface area contributed by atoms with E-state index in [2.05, 4.69) is 5.32 Å². The highest BCUT2D eigenvalue weighted by atomic mass is 32.2. The number of anilines is 1. The van der Waals surface area contributed by atoms with Gasteiger partial charge in [-0.25, -0.2) is 17.5 Å². The van der Waals surface area contributed by atoms with Gasteiger partial charge in [0.2, 0.25) is 10.0 Å². The third-order valence-electron chi connectivity index (χ3n) is 5.18. The van der Waals surface area contributed by atoms with Gasteiger partial charge < -0.3 is 19.2 Å². The number of hydrogen-bond donors (Lipinski definition) is 1. The number of rotatable bonds is 7. The predicted octanol–water partition coefficient (Wildman–Crippen LogP) is 3.64. The fraction of sp³-hybridized carbons (Fsp3) is 0.167. The molecule has 4 rings (SSSR count). The lowest BCUT2D eigenvalue weighted by molar-refractivity contribution is -0.119. The normalized spacial score (nSPS) is 11.6. The number of carbonyl (C=O) groups is 2. The van der Waals surface area contributed by atoms with Crippen LogP contribution in [0.15, 0.2) is 70.0 Å². The molecule has 0 aliphatic rings. The molecule has 34 heavy (non-hydrogen) atoms. The fourth-order valence-corrected chi connectivity index (χ4v) is 4.29. The molecular weight excluding hydrogens is 460 g/mol. The highest BCUT2D eigenvalue weighted by Crippen LogP contribution is 2.36. The second kappa shape index (κ2) is 9.16. The van der Waals surface area contributed by atoms with Crippen LogP contribution in [0.2, 0.25) is 0 Å². The van der Waals surface area contributed by atoms with Crippen molar-refractivity contribution in [3.63, 3.8) is 0 Å². The van der Waals surface area contributed by atoms with Crippen LogP contribution in [0.5, 0.6) is 5.75 Å². The highest BCUT2D eigenvalue weighted by Gasteiger charge is 2.19. The van der Waals surface area contributed by atoms with Crippen molar-refractivity contribution in [2.24, 2.45) is 0 Å². The molecule has 176 valence electrons. The van der Waals surface area contributed by atoms with Crippen molar-refractivity contribution in [1.82, 2.24) is 4.31 Å². The van der Waals surface area contributed by atoms with Crippen LogP contribution in [-0.4, -0.2) is 52.4 Å². The number of benzene rings is 3. The molecule has 0 atom stereocenters. The minimum atomic E-state index is -3.61. The summed E-state index contributed by atoms with van der Waals surface area (Å²) in [6.45, 7) is -0.544. The summed E-state index contributed by atoms with van der Waals surface area (Å²) in [5.41, 5.74) is 1.77. The number of hydrogen-bond acceptors (Lipinski definition) is 7. The van der Waals surface area contributed by atoms with E-state index in [0.717, 1.165) is 15.1 Å². The number of ether oxygens (including phenoxy) is 2. The van der Waals surface area contributed by atoms with Gasteiger partial charge >= 0.3 is 5.97 Å². The van der Waals surface area contributed by atoms with E-state index in [0.29, 0.717) is 22.6 Å². The predicted molar refractivity (Wildman–Crippen MR) is 126 cm³/mol. The molecule has 1 amide bonds. The van der Waals surface area contributed by atoms with Gasteiger partial charge in [-0.1, -0.05) is 18.2 Å². The largest absolute Gasteiger partial charge is 0.495 e. The highest BCUT2D eigenvalue weighted by molar-refractivity contribution is 7.89. The molecule has 0 radical (unpaired) electrons. The van der Waals surface area contributed by atoms with Crippen molar-refractivity contribution in [3.05, 3.63) is 66.2 Å². The molecule has 4 aromatic rings.